The van der Waals surface area contributed by atoms with Crippen molar-refractivity contribution in [1.82, 2.24) is 14.9 Å². The molecule has 0 spiro atoms. The van der Waals surface area contributed by atoms with Gasteiger partial charge in [-0.2, -0.15) is 4.31 Å². The first-order valence-corrected chi connectivity index (χ1v) is 11.7. The Labute approximate surface area is 195 Å². The van der Waals surface area contributed by atoms with E-state index >= 15 is 0 Å². The molecule has 0 aliphatic carbocycles. The molecule has 0 saturated heterocycles. The fourth-order valence-electron chi connectivity index (χ4n) is 2.74. The maximum Gasteiger partial charge on any atom is 0.252 e. The van der Waals surface area contributed by atoms with Crippen molar-refractivity contribution in [2.75, 3.05) is 26.7 Å². The van der Waals surface area contributed by atoms with Crippen LogP contribution in [-0.2, 0) is 23.0 Å². The van der Waals surface area contributed by atoms with Gasteiger partial charge in [0.25, 0.3) is 10.0 Å². The summed E-state index contributed by atoms with van der Waals surface area (Å²) in [6.45, 7) is 8.13. The van der Waals surface area contributed by atoms with E-state index in [2.05, 4.69) is 46.8 Å². The van der Waals surface area contributed by atoms with E-state index in [0.717, 1.165) is 17.3 Å². The largest absolute Gasteiger partial charge is 0.356 e. The van der Waals surface area contributed by atoms with Gasteiger partial charge in [-0.15, -0.1) is 35.3 Å². The van der Waals surface area contributed by atoms with Crippen molar-refractivity contribution in [1.29, 1.82) is 0 Å². The summed E-state index contributed by atoms with van der Waals surface area (Å²) < 4.78 is 27.0. The number of thiophene rings is 1. The van der Waals surface area contributed by atoms with Gasteiger partial charge in [0.15, 0.2) is 5.96 Å². The molecule has 0 aliphatic rings. The highest BCUT2D eigenvalue weighted by atomic mass is 127. The normalized spacial score (nSPS) is 12.0. The van der Waals surface area contributed by atoms with Gasteiger partial charge in [0.1, 0.15) is 4.21 Å². The van der Waals surface area contributed by atoms with Crippen LogP contribution in [0.1, 0.15) is 29.9 Å². The number of halogens is 1. The Morgan fingerprint density at radius 3 is 2.31 bits per heavy atom. The number of nitrogens with one attached hydrogen (secondary N) is 2. The first-order chi connectivity index (χ1) is 13.4. The Bertz CT molecular complexity index is 876. The van der Waals surface area contributed by atoms with Crippen LogP contribution in [0.5, 0.6) is 0 Å². The summed E-state index contributed by atoms with van der Waals surface area (Å²) in [5, 5.41) is 6.57. The minimum absolute atomic E-state index is 0. The molecule has 2 aromatic rings. The lowest BCUT2D eigenvalue weighted by Crippen LogP contribution is -2.37. The number of hydrogen-bond acceptors (Lipinski definition) is 4. The summed E-state index contributed by atoms with van der Waals surface area (Å²) in [4.78, 5) is 5.27. The van der Waals surface area contributed by atoms with Gasteiger partial charge in [0.2, 0.25) is 0 Å². The van der Waals surface area contributed by atoms with E-state index in [4.69, 9.17) is 0 Å². The van der Waals surface area contributed by atoms with E-state index in [1.165, 1.54) is 26.8 Å². The van der Waals surface area contributed by atoms with Gasteiger partial charge in [-0.25, -0.2) is 8.42 Å². The molecule has 0 radical (unpaired) electrons. The zero-order valence-electron chi connectivity index (χ0n) is 17.4. The molecule has 162 valence electrons. The van der Waals surface area contributed by atoms with Crippen molar-refractivity contribution in [2.45, 2.75) is 37.9 Å². The van der Waals surface area contributed by atoms with Crippen molar-refractivity contribution >= 4 is 51.3 Å². The number of guanidine groups is 1. The second kappa shape index (κ2) is 12.5. The van der Waals surface area contributed by atoms with E-state index in [0.29, 0.717) is 30.4 Å². The molecule has 0 saturated carbocycles. The lowest BCUT2D eigenvalue weighted by Gasteiger charge is -2.16. The first-order valence-electron chi connectivity index (χ1n) is 9.49. The second-order valence-electron chi connectivity index (χ2n) is 6.40. The van der Waals surface area contributed by atoms with Crippen LogP contribution in [-0.4, -0.2) is 45.4 Å². The lowest BCUT2D eigenvalue weighted by molar-refractivity contribution is 0.447. The molecule has 0 aliphatic heterocycles. The lowest BCUT2D eigenvalue weighted by atomic mass is 10.1. The fourth-order valence-corrected chi connectivity index (χ4v) is 5.71. The maximum absolute atomic E-state index is 12.6. The van der Waals surface area contributed by atoms with Crippen molar-refractivity contribution in [3.63, 3.8) is 0 Å². The zero-order chi connectivity index (χ0) is 20.6. The van der Waals surface area contributed by atoms with E-state index in [9.17, 15) is 8.42 Å². The highest BCUT2D eigenvalue weighted by Crippen LogP contribution is 2.25. The summed E-state index contributed by atoms with van der Waals surface area (Å²) in [6.07, 6.45) is 0.740. The van der Waals surface area contributed by atoms with Gasteiger partial charge in [-0.3, -0.25) is 4.99 Å². The third kappa shape index (κ3) is 7.54. The average Bonchev–Trinajstić information content (AvgIpc) is 3.16. The molecular weight excluding hydrogens is 519 g/mol. The number of nitrogens with zero attached hydrogens (tertiary/aromatic N) is 2. The van der Waals surface area contributed by atoms with Crippen molar-refractivity contribution in [3.8, 4) is 0 Å². The first kappa shape index (κ1) is 25.9. The van der Waals surface area contributed by atoms with E-state index in [1.807, 2.05) is 19.9 Å². The summed E-state index contributed by atoms with van der Waals surface area (Å²) in [5.41, 5.74) is 2.43. The molecule has 9 heteroatoms. The number of sulfonamides is 1. The molecular formula is C20H31IN4O2S2. The number of aliphatic imine (C=N–C) groups is 1. The minimum Gasteiger partial charge on any atom is -0.356 e. The number of rotatable bonds is 9. The Kier molecular flexibility index (Phi) is 11.2. The second-order valence-corrected chi connectivity index (χ2v) is 9.73. The Balaban J connectivity index is 0.00000420. The van der Waals surface area contributed by atoms with Crippen LogP contribution >= 0.6 is 35.3 Å². The van der Waals surface area contributed by atoms with Crippen LogP contribution in [0.25, 0.3) is 0 Å². The number of hydrogen-bond donors (Lipinski definition) is 2. The Morgan fingerprint density at radius 2 is 1.72 bits per heavy atom. The number of benzene rings is 1. The Morgan fingerprint density at radius 1 is 1.07 bits per heavy atom. The zero-order valence-corrected chi connectivity index (χ0v) is 21.4. The fraction of sp³-hybridized carbons (Fsp3) is 0.450. The van der Waals surface area contributed by atoms with Crippen molar-refractivity contribution < 1.29 is 8.42 Å². The highest BCUT2D eigenvalue weighted by Gasteiger charge is 2.23. The van der Waals surface area contributed by atoms with Crippen molar-refractivity contribution in [2.24, 2.45) is 4.99 Å². The van der Waals surface area contributed by atoms with E-state index in [1.54, 1.807) is 13.1 Å². The maximum atomic E-state index is 12.6. The molecule has 29 heavy (non-hydrogen) atoms. The van der Waals surface area contributed by atoms with Crippen LogP contribution in [0, 0.1) is 6.92 Å². The SMILES string of the molecule is CCN(CC)S(=O)(=O)c1ccc(CCNC(=NC)NCc2ccc(C)cc2)s1.I. The van der Waals surface area contributed by atoms with Gasteiger partial charge in [-0.1, -0.05) is 43.7 Å². The molecule has 2 N–H and O–H groups in total. The van der Waals surface area contributed by atoms with Crippen LogP contribution in [0.2, 0.25) is 0 Å². The van der Waals surface area contributed by atoms with Crippen LogP contribution in [0.4, 0.5) is 0 Å². The van der Waals surface area contributed by atoms with Gasteiger partial charge < -0.3 is 10.6 Å². The quantitative estimate of drug-likeness (QED) is 0.284. The molecule has 1 aromatic carbocycles. The van der Waals surface area contributed by atoms with Crippen LogP contribution in [0.3, 0.4) is 0 Å². The standard InChI is InChI=1S/C20H30N4O2S2.HI/c1-5-24(6-2)28(25,26)19-12-11-18(27-19)13-14-22-20(21-4)23-15-17-9-7-16(3)8-10-17;/h7-12H,5-6,13-15H2,1-4H3,(H2,21,22,23);1H. The van der Waals surface area contributed by atoms with Crippen LogP contribution < -0.4 is 10.6 Å². The minimum atomic E-state index is -3.37. The predicted molar refractivity (Wildman–Crippen MR) is 133 cm³/mol. The monoisotopic (exact) mass is 550 g/mol. The van der Waals surface area contributed by atoms with E-state index in [-0.39, 0.29) is 24.0 Å². The molecule has 1 aromatic heterocycles. The molecule has 0 amide bonds. The van der Waals surface area contributed by atoms with Gasteiger partial charge in [-0.05, 0) is 31.0 Å². The van der Waals surface area contributed by atoms with Gasteiger partial charge >= 0.3 is 0 Å². The molecule has 2 rings (SSSR count). The molecule has 0 unspecified atom stereocenters. The highest BCUT2D eigenvalue weighted by molar-refractivity contribution is 14.0. The smallest absolute Gasteiger partial charge is 0.252 e. The van der Waals surface area contributed by atoms with E-state index < -0.39 is 10.0 Å². The summed E-state index contributed by atoms with van der Waals surface area (Å²) >= 11 is 1.34. The molecule has 0 fully saturated rings. The number of aryl methyl sites for hydroxylation is 1. The molecule has 0 atom stereocenters. The Hall–Kier alpha value is -1.17. The third-order valence-corrected chi connectivity index (χ3v) is 8.07. The predicted octanol–water partition coefficient (Wildman–Crippen LogP) is 3.61. The van der Waals surface area contributed by atoms with Crippen LogP contribution in [0.15, 0.2) is 45.6 Å². The summed E-state index contributed by atoms with van der Waals surface area (Å²) in [6, 6.07) is 12.0. The summed E-state index contributed by atoms with van der Waals surface area (Å²) in [7, 11) is -1.63. The molecule has 0 bridgehead atoms. The topological polar surface area (TPSA) is 73.8 Å². The molecule has 6 nitrogen and oxygen atoms in total. The molecule has 1 heterocycles. The van der Waals surface area contributed by atoms with Crippen molar-refractivity contribution in [3.05, 3.63) is 52.4 Å². The average molecular weight is 551 g/mol. The van der Waals surface area contributed by atoms with Gasteiger partial charge in [0.05, 0.1) is 0 Å². The summed E-state index contributed by atoms with van der Waals surface area (Å²) in [5.74, 6) is 0.730. The third-order valence-electron chi connectivity index (χ3n) is 4.40. The van der Waals surface area contributed by atoms with Gasteiger partial charge in [0, 0.05) is 38.1 Å².